The van der Waals surface area contributed by atoms with Crippen molar-refractivity contribution in [2.75, 3.05) is 5.73 Å². The van der Waals surface area contributed by atoms with Crippen LogP contribution in [0.1, 0.15) is 39.9 Å². The number of carboxylic acids is 1. The third-order valence-electron chi connectivity index (χ3n) is 6.41. The molecule has 0 aliphatic heterocycles. The van der Waals surface area contributed by atoms with Crippen LogP contribution in [0, 0.1) is 6.92 Å². The van der Waals surface area contributed by atoms with E-state index < -0.39 is 5.97 Å². The van der Waals surface area contributed by atoms with Gasteiger partial charge in [0.1, 0.15) is 11.4 Å². The molecule has 0 bridgehead atoms. The van der Waals surface area contributed by atoms with E-state index in [4.69, 9.17) is 5.73 Å². The molecule has 0 amide bonds. The van der Waals surface area contributed by atoms with Gasteiger partial charge in [-0.25, -0.2) is 4.79 Å². The number of hydrogen-bond donors (Lipinski definition) is 2. The number of carbonyl (C=O) groups is 1. The highest BCUT2D eigenvalue weighted by molar-refractivity contribution is 5.98. The average Bonchev–Trinajstić information content (AvgIpc) is 2.88. The van der Waals surface area contributed by atoms with Crippen molar-refractivity contribution in [2.24, 2.45) is 20.5 Å². The Bertz CT molecular complexity index is 1510. The van der Waals surface area contributed by atoms with Crippen LogP contribution in [0.25, 0.3) is 10.8 Å². The number of aromatic carboxylic acids is 1. The zero-order valence-electron chi connectivity index (χ0n) is 19.4. The lowest BCUT2D eigenvalue weighted by molar-refractivity contribution is 0.0697. The van der Waals surface area contributed by atoms with Gasteiger partial charge in [0.05, 0.1) is 22.6 Å². The highest BCUT2D eigenvalue weighted by atomic mass is 16.4. The molecule has 4 aromatic rings. The Morgan fingerprint density at radius 2 is 1.43 bits per heavy atom. The molecule has 35 heavy (non-hydrogen) atoms. The monoisotopic (exact) mass is 463 g/mol. The van der Waals surface area contributed by atoms with Crippen LogP contribution in [-0.2, 0) is 12.8 Å². The van der Waals surface area contributed by atoms with Crippen molar-refractivity contribution in [2.45, 2.75) is 32.6 Å². The highest BCUT2D eigenvalue weighted by Crippen LogP contribution is 2.38. The summed E-state index contributed by atoms with van der Waals surface area (Å²) in [6.07, 6.45) is 4.55. The van der Waals surface area contributed by atoms with Crippen LogP contribution in [0.5, 0.6) is 0 Å². The molecule has 0 radical (unpaired) electrons. The smallest absolute Gasteiger partial charge is 0.338 e. The van der Waals surface area contributed by atoms with E-state index >= 15 is 0 Å². The maximum atomic E-state index is 12.0. The first-order valence-corrected chi connectivity index (χ1v) is 11.6. The first kappa shape index (κ1) is 22.4. The van der Waals surface area contributed by atoms with E-state index in [-0.39, 0.29) is 16.9 Å². The molecular weight excluding hydrogens is 438 g/mol. The summed E-state index contributed by atoms with van der Waals surface area (Å²) in [5, 5.41) is 29.2. The summed E-state index contributed by atoms with van der Waals surface area (Å²) in [7, 11) is 0. The summed E-state index contributed by atoms with van der Waals surface area (Å²) in [5.74, 6) is -1.13. The van der Waals surface area contributed by atoms with Crippen molar-refractivity contribution in [3.05, 3.63) is 89.0 Å². The topological polar surface area (TPSA) is 113 Å². The number of azo groups is 2. The lowest BCUT2D eigenvalue weighted by Crippen LogP contribution is -2.03. The van der Waals surface area contributed by atoms with Gasteiger partial charge in [-0.15, -0.1) is 10.2 Å². The second-order valence-electron chi connectivity index (χ2n) is 8.73. The average molecular weight is 464 g/mol. The van der Waals surface area contributed by atoms with E-state index in [0.717, 1.165) is 29.3 Å². The number of hydrogen-bond acceptors (Lipinski definition) is 6. The summed E-state index contributed by atoms with van der Waals surface area (Å²) < 4.78 is 0. The SMILES string of the molecule is Cc1c(N)c(N=Nc2ccc3c(c2)CCCC3)cc(N=Nc2ccc3ccccc3c2)c1C(=O)O. The standard InChI is InChI=1S/C28H25N5O2/c1-17-26(28(34)35)24(32-30-22-12-10-18-6-2-4-8-20(18)14-22)16-25(27(17)29)33-31-23-13-11-19-7-3-5-9-21(19)15-23/h2,4,6,8,10-16H,3,5,7,9,29H2,1H3,(H,34,35). The van der Waals surface area contributed by atoms with Crippen molar-refractivity contribution in [1.29, 1.82) is 0 Å². The first-order chi connectivity index (χ1) is 17.0. The van der Waals surface area contributed by atoms with Crippen LogP contribution in [0.4, 0.5) is 28.4 Å². The second kappa shape index (κ2) is 9.46. The maximum Gasteiger partial charge on any atom is 0.338 e. The molecule has 174 valence electrons. The quantitative estimate of drug-likeness (QED) is 0.230. The fraction of sp³-hybridized carbons (Fsp3) is 0.179. The van der Waals surface area contributed by atoms with Crippen LogP contribution < -0.4 is 5.73 Å². The van der Waals surface area contributed by atoms with Crippen molar-refractivity contribution in [1.82, 2.24) is 0 Å². The van der Waals surface area contributed by atoms with Gasteiger partial charge in [-0.3, -0.25) is 0 Å². The lowest BCUT2D eigenvalue weighted by Gasteiger charge is -2.15. The Labute approximate surface area is 203 Å². The molecule has 4 aromatic carbocycles. The van der Waals surface area contributed by atoms with Crippen LogP contribution in [0.2, 0.25) is 0 Å². The number of carboxylic acid groups (broad SMARTS) is 1. The molecule has 1 aliphatic carbocycles. The van der Waals surface area contributed by atoms with Crippen molar-refractivity contribution < 1.29 is 9.90 Å². The van der Waals surface area contributed by atoms with E-state index in [1.165, 1.54) is 30.0 Å². The molecule has 0 heterocycles. The van der Waals surface area contributed by atoms with Gasteiger partial charge in [-0.05, 0) is 90.4 Å². The van der Waals surface area contributed by atoms with Gasteiger partial charge in [0.15, 0.2) is 0 Å². The van der Waals surface area contributed by atoms with E-state index in [2.05, 4.69) is 32.6 Å². The lowest BCUT2D eigenvalue weighted by atomic mass is 9.91. The van der Waals surface area contributed by atoms with E-state index in [1.807, 2.05) is 48.5 Å². The van der Waals surface area contributed by atoms with Gasteiger partial charge in [-0.1, -0.05) is 36.4 Å². The molecule has 3 N–H and O–H groups in total. The molecule has 1 aliphatic rings. The van der Waals surface area contributed by atoms with Gasteiger partial charge >= 0.3 is 5.97 Å². The number of nitrogens with zero attached hydrogens (tertiary/aromatic N) is 4. The fourth-order valence-corrected chi connectivity index (χ4v) is 4.47. The molecule has 5 rings (SSSR count). The number of aryl methyl sites for hydroxylation is 2. The summed E-state index contributed by atoms with van der Waals surface area (Å²) in [5.41, 5.74) is 11.5. The Hall–Kier alpha value is -4.39. The molecule has 0 fully saturated rings. The minimum atomic E-state index is -1.13. The van der Waals surface area contributed by atoms with Crippen LogP contribution >= 0.6 is 0 Å². The number of nitrogens with two attached hydrogens (primary N) is 1. The molecule has 0 unspecified atom stereocenters. The summed E-state index contributed by atoms with van der Waals surface area (Å²) in [4.78, 5) is 12.0. The van der Waals surface area contributed by atoms with Crippen molar-refractivity contribution in [3.63, 3.8) is 0 Å². The Morgan fingerprint density at radius 1 is 0.771 bits per heavy atom. The van der Waals surface area contributed by atoms with Crippen LogP contribution in [0.15, 0.2) is 87.2 Å². The number of nitrogen functional groups attached to an aromatic ring is 1. The molecular formula is C28H25N5O2. The fourth-order valence-electron chi connectivity index (χ4n) is 4.47. The minimum absolute atomic E-state index is 0.000213. The van der Waals surface area contributed by atoms with Gasteiger partial charge in [0, 0.05) is 0 Å². The molecule has 0 spiro atoms. The summed E-state index contributed by atoms with van der Waals surface area (Å²) in [6.45, 7) is 1.64. The molecule has 7 nitrogen and oxygen atoms in total. The van der Waals surface area contributed by atoms with Gasteiger partial charge in [0.25, 0.3) is 0 Å². The van der Waals surface area contributed by atoms with Gasteiger partial charge < -0.3 is 10.8 Å². The molecule has 0 aromatic heterocycles. The van der Waals surface area contributed by atoms with Crippen LogP contribution in [0.3, 0.4) is 0 Å². The molecule has 7 heteroatoms. The molecule has 0 atom stereocenters. The van der Waals surface area contributed by atoms with Gasteiger partial charge in [-0.2, -0.15) is 10.2 Å². The van der Waals surface area contributed by atoms with E-state index in [1.54, 1.807) is 6.92 Å². The maximum absolute atomic E-state index is 12.0. The number of benzene rings is 4. The third kappa shape index (κ3) is 4.66. The van der Waals surface area contributed by atoms with Crippen LogP contribution in [-0.4, -0.2) is 11.1 Å². The zero-order valence-corrected chi connectivity index (χ0v) is 19.4. The molecule has 0 saturated carbocycles. The Morgan fingerprint density at radius 3 is 2.20 bits per heavy atom. The van der Waals surface area contributed by atoms with E-state index in [9.17, 15) is 9.90 Å². The largest absolute Gasteiger partial charge is 0.478 e. The summed E-state index contributed by atoms with van der Waals surface area (Å²) >= 11 is 0. The third-order valence-corrected chi connectivity index (χ3v) is 6.41. The first-order valence-electron chi connectivity index (χ1n) is 11.6. The normalized spacial score (nSPS) is 13.5. The Balaban J connectivity index is 1.50. The number of fused-ring (bicyclic) bond motifs is 2. The predicted molar refractivity (Wildman–Crippen MR) is 138 cm³/mol. The zero-order chi connectivity index (χ0) is 24.4. The second-order valence-corrected chi connectivity index (χ2v) is 8.73. The molecule has 0 saturated heterocycles. The van der Waals surface area contributed by atoms with E-state index in [0.29, 0.717) is 16.9 Å². The van der Waals surface area contributed by atoms with Gasteiger partial charge in [0.2, 0.25) is 0 Å². The number of rotatable bonds is 5. The number of anilines is 1. The summed E-state index contributed by atoms with van der Waals surface area (Å²) in [6, 6.07) is 21.3. The minimum Gasteiger partial charge on any atom is -0.478 e. The predicted octanol–water partition coefficient (Wildman–Crippen LogP) is 8.14. The Kier molecular flexibility index (Phi) is 6.06. The van der Waals surface area contributed by atoms with Crippen molar-refractivity contribution >= 4 is 45.2 Å². The highest BCUT2D eigenvalue weighted by Gasteiger charge is 2.19. The van der Waals surface area contributed by atoms with Crippen molar-refractivity contribution in [3.8, 4) is 0 Å².